The van der Waals surface area contributed by atoms with Crippen molar-refractivity contribution in [3.8, 4) is 11.8 Å². The SMILES string of the molecule is C.C[C@@H]1CCCC[C@H]1Oc1ccc(C#N)cc1Cl. The van der Waals surface area contributed by atoms with Crippen molar-refractivity contribution >= 4 is 11.6 Å². The van der Waals surface area contributed by atoms with Gasteiger partial charge in [-0.3, -0.25) is 0 Å². The first-order valence-corrected chi connectivity index (χ1v) is 6.45. The molecule has 0 aliphatic heterocycles. The number of hydrogen-bond acceptors (Lipinski definition) is 2. The Labute approximate surface area is 115 Å². The average Bonchev–Trinajstić information content (AvgIpc) is 2.34. The third-order valence-electron chi connectivity index (χ3n) is 3.37. The zero-order valence-electron chi connectivity index (χ0n) is 9.95. The fourth-order valence-corrected chi connectivity index (χ4v) is 2.51. The van der Waals surface area contributed by atoms with E-state index < -0.39 is 0 Å². The third-order valence-corrected chi connectivity index (χ3v) is 3.67. The molecular weight excluding hydrogens is 246 g/mol. The van der Waals surface area contributed by atoms with E-state index in [0.29, 0.717) is 22.3 Å². The summed E-state index contributed by atoms with van der Waals surface area (Å²) in [5.41, 5.74) is 0.569. The lowest BCUT2D eigenvalue weighted by atomic mass is 9.88. The number of halogens is 1. The zero-order chi connectivity index (χ0) is 12.3. The van der Waals surface area contributed by atoms with Crippen LogP contribution >= 0.6 is 11.6 Å². The summed E-state index contributed by atoms with van der Waals surface area (Å²) >= 11 is 6.10. The van der Waals surface area contributed by atoms with Gasteiger partial charge in [-0.05, 0) is 43.4 Å². The van der Waals surface area contributed by atoms with Crippen molar-refractivity contribution < 1.29 is 4.74 Å². The van der Waals surface area contributed by atoms with Gasteiger partial charge < -0.3 is 4.74 Å². The summed E-state index contributed by atoms with van der Waals surface area (Å²) in [6, 6.07) is 7.26. The third kappa shape index (κ3) is 3.40. The van der Waals surface area contributed by atoms with Gasteiger partial charge >= 0.3 is 0 Å². The maximum atomic E-state index is 8.77. The van der Waals surface area contributed by atoms with Crippen LogP contribution in [0.2, 0.25) is 5.02 Å². The summed E-state index contributed by atoms with van der Waals surface area (Å²) in [6.45, 7) is 2.22. The van der Waals surface area contributed by atoms with Crippen molar-refractivity contribution in [1.29, 1.82) is 5.26 Å². The van der Waals surface area contributed by atoms with E-state index in [0.717, 1.165) is 6.42 Å². The Bertz CT molecular complexity index is 439. The summed E-state index contributed by atoms with van der Waals surface area (Å²) in [6.07, 6.45) is 5.09. The summed E-state index contributed by atoms with van der Waals surface area (Å²) < 4.78 is 5.96. The molecule has 1 aliphatic carbocycles. The highest BCUT2D eigenvalue weighted by atomic mass is 35.5. The van der Waals surface area contributed by atoms with Crippen LogP contribution in [0.1, 0.15) is 45.6 Å². The van der Waals surface area contributed by atoms with Gasteiger partial charge in [0.05, 0.1) is 16.7 Å². The molecule has 0 spiro atoms. The topological polar surface area (TPSA) is 33.0 Å². The number of rotatable bonds is 2. The molecule has 0 bridgehead atoms. The smallest absolute Gasteiger partial charge is 0.138 e. The standard InChI is InChI=1S/C14H16ClNO.CH4/c1-10-4-2-3-5-13(10)17-14-7-6-11(9-16)8-12(14)15;/h6-8,10,13H,2-5H2,1H3;1H4/t10-,13-;/m1./s1. The predicted octanol–water partition coefficient (Wildman–Crippen LogP) is 4.81. The van der Waals surface area contributed by atoms with Gasteiger partial charge in [-0.1, -0.05) is 32.4 Å². The molecule has 1 fully saturated rings. The molecule has 0 unspecified atom stereocenters. The molecule has 0 radical (unpaired) electrons. The van der Waals surface area contributed by atoms with Crippen LogP contribution in [-0.4, -0.2) is 6.10 Å². The van der Waals surface area contributed by atoms with Gasteiger partial charge in [0.25, 0.3) is 0 Å². The van der Waals surface area contributed by atoms with Gasteiger partial charge in [-0.25, -0.2) is 0 Å². The molecule has 3 heteroatoms. The van der Waals surface area contributed by atoms with E-state index in [-0.39, 0.29) is 13.5 Å². The lowest BCUT2D eigenvalue weighted by molar-refractivity contribution is 0.103. The van der Waals surface area contributed by atoms with Gasteiger partial charge in [0.15, 0.2) is 0 Å². The second kappa shape index (κ2) is 6.66. The Morgan fingerprint density at radius 1 is 1.33 bits per heavy atom. The normalized spacial score (nSPS) is 22.7. The lowest BCUT2D eigenvalue weighted by Gasteiger charge is -2.29. The quantitative estimate of drug-likeness (QED) is 0.769. The first-order valence-electron chi connectivity index (χ1n) is 6.07. The Morgan fingerprint density at radius 2 is 2.06 bits per heavy atom. The summed E-state index contributed by atoms with van der Waals surface area (Å²) in [7, 11) is 0. The predicted molar refractivity (Wildman–Crippen MR) is 74.9 cm³/mol. The summed E-state index contributed by atoms with van der Waals surface area (Å²) in [5.74, 6) is 1.28. The molecule has 0 aromatic heterocycles. The summed E-state index contributed by atoms with van der Waals surface area (Å²) in [5, 5.41) is 9.30. The van der Waals surface area contributed by atoms with Crippen LogP contribution in [0.4, 0.5) is 0 Å². The monoisotopic (exact) mass is 265 g/mol. The highest BCUT2D eigenvalue weighted by Gasteiger charge is 2.23. The van der Waals surface area contributed by atoms with E-state index in [1.54, 1.807) is 18.2 Å². The molecule has 1 aromatic carbocycles. The number of nitriles is 1. The fourth-order valence-electron chi connectivity index (χ4n) is 2.29. The highest BCUT2D eigenvalue weighted by molar-refractivity contribution is 6.32. The molecule has 1 aromatic rings. The number of hydrogen-bond donors (Lipinski definition) is 0. The molecule has 98 valence electrons. The molecule has 0 N–H and O–H groups in total. The molecule has 18 heavy (non-hydrogen) atoms. The molecular formula is C15H20ClNO. The van der Waals surface area contributed by atoms with Crippen molar-refractivity contribution in [2.75, 3.05) is 0 Å². The Kier molecular flexibility index (Phi) is 5.50. The maximum Gasteiger partial charge on any atom is 0.138 e. The Hall–Kier alpha value is -1.20. The molecule has 1 saturated carbocycles. The second-order valence-corrected chi connectivity index (χ2v) is 5.08. The minimum Gasteiger partial charge on any atom is -0.489 e. The van der Waals surface area contributed by atoms with Gasteiger partial charge in [-0.15, -0.1) is 0 Å². The van der Waals surface area contributed by atoms with Gasteiger partial charge in [0.1, 0.15) is 11.9 Å². The van der Waals surface area contributed by atoms with Crippen molar-refractivity contribution in [2.45, 2.75) is 46.1 Å². The van der Waals surface area contributed by atoms with Crippen molar-refractivity contribution in [3.63, 3.8) is 0 Å². The molecule has 0 saturated heterocycles. The van der Waals surface area contributed by atoms with E-state index in [1.165, 1.54) is 19.3 Å². The average molecular weight is 266 g/mol. The lowest BCUT2D eigenvalue weighted by Crippen LogP contribution is -2.28. The first kappa shape index (κ1) is 14.9. The first-order chi connectivity index (χ1) is 8.20. The fraction of sp³-hybridized carbons (Fsp3) is 0.533. The van der Waals surface area contributed by atoms with Gasteiger partial charge in [0, 0.05) is 0 Å². The highest BCUT2D eigenvalue weighted by Crippen LogP contribution is 2.32. The molecule has 0 amide bonds. The Morgan fingerprint density at radius 3 is 2.67 bits per heavy atom. The van der Waals surface area contributed by atoms with Crippen molar-refractivity contribution in [1.82, 2.24) is 0 Å². The zero-order valence-corrected chi connectivity index (χ0v) is 10.7. The molecule has 0 heterocycles. The largest absolute Gasteiger partial charge is 0.489 e. The maximum absolute atomic E-state index is 8.77. The number of benzene rings is 1. The van der Waals surface area contributed by atoms with Crippen molar-refractivity contribution in [3.05, 3.63) is 28.8 Å². The minimum atomic E-state index is 0. The van der Waals surface area contributed by atoms with Crippen LogP contribution in [0.15, 0.2) is 18.2 Å². The number of ether oxygens (including phenoxy) is 1. The Balaban J connectivity index is 0.00000162. The van der Waals surface area contributed by atoms with E-state index >= 15 is 0 Å². The minimum absolute atomic E-state index is 0. The van der Waals surface area contributed by atoms with Crippen LogP contribution < -0.4 is 4.74 Å². The van der Waals surface area contributed by atoms with Crippen LogP contribution in [0.3, 0.4) is 0 Å². The van der Waals surface area contributed by atoms with Crippen LogP contribution in [-0.2, 0) is 0 Å². The molecule has 2 rings (SSSR count). The van der Waals surface area contributed by atoms with Crippen LogP contribution in [0.5, 0.6) is 5.75 Å². The molecule has 1 aliphatic rings. The molecule has 2 atom stereocenters. The van der Waals surface area contributed by atoms with E-state index in [1.807, 2.05) is 0 Å². The van der Waals surface area contributed by atoms with Gasteiger partial charge in [0.2, 0.25) is 0 Å². The number of nitrogens with zero attached hydrogens (tertiary/aromatic N) is 1. The van der Waals surface area contributed by atoms with E-state index in [9.17, 15) is 0 Å². The van der Waals surface area contributed by atoms with Gasteiger partial charge in [-0.2, -0.15) is 5.26 Å². The van der Waals surface area contributed by atoms with E-state index in [2.05, 4.69) is 13.0 Å². The van der Waals surface area contributed by atoms with Crippen molar-refractivity contribution in [2.24, 2.45) is 5.92 Å². The van der Waals surface area contributed by atoms with Crippen LogP contribution in [0, 0.1) is 17.2 Å². The summed E-state index contributed by atoms with van der Waals surface area (Å²) in [4.78, 5) is 0. The van der Waals surface area contributed by atoms with E-state index in [4.69, 9.17) is 21.6 Å². The molecule has 2 nitrogen and oxygen atoms in total. The van der Waals surface area contributed by atoms with Crippen LogP contribution in [0.25, 0.3) is 0 Å². The second-order valence-electron chi connectivity index (χ2n) is 4.68.